The number of benzene rings is 4. The van der Waals surface area contributed by atoms with E-state index in [9.17, 15) is 0 Å². The fourth-order valence-corrected chi connectivity index (χ4v) is 4.59. The van der Waals surface area contributed by atoms with Crippen molar-refractivity contribution in [2.24, 2.45) is 0 Å². The third-order valence-corrected chi connectivity index (χ3v) is 6.82. The van der Waals surface area contributed by atoms with Gasteiger partial charge in [-0.05, 0) is 67.6 Å². The van der Waals surface area contributed by atoms with Gasteiger partial charge in [-0.25, -0.2) is 0 Å². The lowest BCUT2D eigenvalue weighted by Gasteiger charge is -2.18. The molecular formula is C33H40B2N2O2. The molecule has 4 aromatic rings. The lowest BCUT2D eigenvalue weighted by molar-refractivity contribution is 0.269. The Hall–Kier alpha value is -3.15. The fourth-order valence-electron chi connectivity index (χ4n) is 4.59. The quantitative estimate of drug-likeness (QED) is 0.240. The van der Waals surface area contributed by atoms with Crippen LogP contribution < -0.4 is 21.9 Å². The second-order valence-electron chi connectivity index (χ2n) is 10.6. The molecule has 4 rings (SSSR count). The van der Waals surface area contributed by atoms with Crippen LogP contribution in [0.3, 0.4) is 0 Å². The summed E-state index contributed by atoms with van der Waals surface area (Å²) in [6, 6.07) is 38.7. The van der Waals surface area contributed by atoms with Gasteiger partial charge in [-0.15, -0.1) is 0 Å². The Morgan fingerprint density at radius 3 is 1.13 bits per heavy atom. The van der Waals surface area contributed by atoms with Gasteiger partial charge in [-0.1, -0.05) is 109 Å². The van der Waals surface area contributed by atoms with Gasteiger partial charge in [0.1, 0.15) is 0 Å². The van der Waals surface area contributed by atoms with E-state index < -0.39 is 0 Å². The standard InChI is InChI=1S/C33H40B2N2O2/c1-36(2)23-25-38-34(30-11-7-5-8-12-30)32-19-15-28(16-20-32)27-29-17-21-33(22-18-29)35(39-26-24-37(3)4)31-13-9-6-10-14-31/h5-22H,23-27H2,1-4H3. The average molecular weight is 518 g/mol. The third-order valence-electron chi connectivity index (χ3n) is 6.82. The molecule has 0 radical (unpaired) electrons. The maximum atomic E-state index is 6.34. The summed E-state index contributed by atoms with van der Waals surface area (Å²) in [5, 5.41) is 0. The molecule has 4 nitrogen and oxygen atoms in total. The summed E-state index contributed by atoms with van der Waals surface area (Å²) in [6.45, 7) is 3.02. The molecule has 0 aromatic heterocycles. The molecule has 0 aliphatic heterocycles. The van der Waals surface area contributed by atoms with Gasteiger partial charge < -0.3 is 19.1 Å². The van der Waals surface area contributed by atoms with Crippen molar-refractivity contribution in [3.63, 3.8) is 0 Å². The Kier molecular flexibility index (Phi) is 11.0. The molecule has 200 valence electrons. The first-order valence-electron chi connectivity index (χ1n) is 13.8. The summed E-state index contributed by atoms with van der Waals surface area (Å²) < 4.78 is 12.7. The van der Waals surface area contributed by atoms with Gasteiger partial charge >= 0.3 is 13.8 Å². The molecule has 0 fully saturated rings. The van der Waals surface area contributed by atoms with Crippen molar-refractivity contribution in [3.05, 3.63) is 120 Å². The van der Waals surface area contributed by atoms with E-state index in [1.807, 2.05) is 12.1 Å². The number of hydrogen-bond donors (Lipinski definition) is 0. The van der Waals surface area contributed by atoms with Gasteiger partial charge in [0, 0.05) is 26.3 Å². The summed E-state index contributed by atoms with van der Waals surface area (Å²) in [4.78, 5) is 4.29. The van der Waals surface area contributed by atoms with Gasteiger partial charge in [0.25, 0.3) is 0 Å². The van der Waals surface area contributed by atoms with E-state index in [1.54, 1.807) is 0 Å². The molecular weight excluding hydrogens is 478 g/mol. The van der Waals surface area contributed by atoms with Crippen LogP contribution in [-0.4, -0.2) is 78.1 Å². The summed E-state index contributed by atoms with van der Waals surface area (Å²) in [5.41, 5.74) is 7.29. The van der Waals surface area contributed by atoms with Crippen molar-refractivity contribution >= 4 is 35.7 Å². The largest absolute Gasteiger partial charge is 0.426 e. The van der Waals surface area contributed by atoms with Crippen molar-refractivity contribution in [2.75, 3.05) is 54.5 Å². The van der Waals surface area contributed by atoms with Gasteiger partial charge in [0.2, 0.25) is 0 Å². The molecule has 0 N–H and O–H groups in total. The minimum Gasteiger partial charge on any atom is -0.426 e. The van der Waals surface area contributed by atoms with Crippen LogP contribution in [0.5, 0.6) is 0 Å². The zero-order chi connectivity index (χ0) is 27.5. The van der Waals surface area contributed by atoms with Crippen LogP contribution in [0.25, 0.3) is 0 Å². The second kappa shape index (κ2) is 14.9. The Morgan fingerprint density at radius 2 is 0.795 bits per heavy atom. The molecule has 0 aliphatic carbocycles. The molecule has 39 heavy (non-hydrogen) atoms. The normalized spacial score (nSPS) is 11.2. The molecule has 0 amide bonds. The van der Waals surface area contributed by atoms with E-state index in [0.29, 0.717) is 13.2 Å². The maximum absolute atomic E-state index is 6.34. The highest BCUT2D eigenvalue weighted by molar-refractivity contribution is 6.80. The van der Waals surface area contributed by atoms with Crippen LogP contribution in [0.1, 0.15) is 11.1 Å². The summed E-state index contributed by atoms with van der Waals surface area (Å²) in [6.07, 6.45) is 0.884. The van der Waals surface area contributed by atoms with Crippen LogP contribution in [0.2, 0.25) is 0 Å². The highest BCUT2D eigenvalue weighted by Crippen LogP contribution is 2.09. The first-order chi connectivity index (χ1) is 19.0. The number of nitrogens with zero attached hydrogens (tertiary/aromatic N) is 2. The topological polar surface area (TPSA) is 24.9 Å². The van der Waals surface area contributed by atoms with Crippen LogP contribution >= 0.6 is 0 Å². The molecule has 0 saturated carbocycles. The van der Waals surface area contributed by atoms with Crippen molar-refractivity contribution in [1.29, 1.82) is 0 Å². The first kappa shape index (κ1) is 28.8. The minimum absolute atomic E-state index is 0.0677. The monoisotopic (exact) mass is 518 g/mol. The molecule has 0 spiro atoms. The predicted octanol–water partition coefficient (Wildman–Crippen LogP) is 2.65. The van der Waals surface area contributed by atoms with Gasteiger partial charge in [0.05, 0.1) is 0 Å². The lowest BCUT2D eigenvalue weighted by atomic mass is 9.55. The predicted molar refractivity (Wildman–Crippen MR) is 168 cm³/mol. The van der Waals surface area contributed by atoms with Crippen LogP contribution in [-0.2, 0) is 15.7 Å². The highest BCUT2D eigenvalue weighted by atomic mass is 16.4. The van der Waals surface area contributed by atoms with Crippen molar-refractivity contribution < 1.29 is 9.31 Å². The SMILES string of the molecule is CN(C)CCOB(c1ccccc1)c1ccc(Cc2ccc(B(OCCN(C)C)c3ccccc3)cc2)cc1. The van der Waals surface area contributed by atoms with E-state index in [-0.39, 0.29) is 13.8 Å². The van der Waals surface area contributed by atoms with E-state index >= 15 is 0 Å². The zero-order valence-electron chi connectivity index (χ0n) is 23.8. The van der Waals surface area contributed by atoms with Gasteiger partial charge in [-0.3, -0.25) is 0 Å². The third kappa shape index (κ3) is 8.94. The molecule has 4 aromatic carbocycles. The summed E-state index contributed by atoms with van der Waals surface area (Å²) >= 11 is 0. The zero-order valence-corrected chi connectivity index (χ0v) is 23.8. The maximum Gasteiger partial charge on any atom is 0.361 e. The van der Waals surface area contributed by atoms with Gasteiger partial charge in [0.15, 0.2) is 0 Å². The van der Waals surface area contributed by atoms with E-state index in [1.165, 1.54) is 33.0 Å². The molecule has 0 unspecified atom stereocenters. The van der Waals surface area contributed by atoms with Crippen molar-refractivity contribution in [3.8, 4) is 0 Å². The van der Waals surface area contributed by atoms with E-state index in [0.717, 1.165) is 19.5 Å². The second-order valence-corrected chi connectivity index (χ2v) is 10.6. The Labute approximate surface area is 235 Å². The Bertz CT molecular complexity index is 1140. The number of likely N-dealkylation sites (N-methyl/N-ethyl adjacent to an activating group) is 2. The number of rotatable bonds is 14. The highest BCUT2D eigenvalue weighted by Gasteiger charge is 2.22. The van der Waals surface area contributed by atoms with E-state index in [4.69, 9.17) is 9.31 Å². The first-order valence-corrected chi connectivity index (χ1v) is 13.8. The van der Waals surface area contributed by atoms with Crippen molar-refractivity contribution in [1.82, 2.24) is 9.80 Å². The molecule has 0 heterocycles. The Morgan fingerprint density at radius 1 is 0.462 bits per heavy atom. The molecule has 0 bridgehead atoms. The van der Waals surface area contributed by atoms with Crippen molar-refractivity contribution in [2.45, 2.75) is 6.42 Å². The Balaban J connectivity index is 1.44. The van der Waals surface area contributed by atoms with Gasteiger partial charge in [-0.2, -0.15) is 0 Å². The average Bonchev–Trinajstić information content (AvgIpc) is 2.95. The van der Waals surface area contributed by atoms with E-state index in [2.05, 4.69) is 135 Å². The van der Waals surface area contributed by atoms with Crippen LogP contribution in [0.15, 0.2) is 109 Å². The molecule has 0 aliphatic rings. The molecule has 6 heteroatoms. The lowest BCUT2D eigenvalue weighted by Crippen LogP contribution is -2.46. The molecule has 0 atom stereocenters. The summed E-state index contributed by atoms with van der Waals surface area (Å²) in [5.74, 6) is 0. The fraction of sp³-hybridized carbons (Fsp3) is 0.273. The van der Waals surface area contributed by atoms with Crippen LogP contribution in [0, 0.1) is 0 Å². The smallest absolute Gasteiger partial charge is 0.361 e. The van der Waals surface area contributed by atoms with Crippen LogP contribution in [0.4, 0.5) is 0 Å². The minimum atomic E-state index is -0.0677. The number of hydrogen-bond acceptors (Lipinski definition) is 4. The molecule has 0 saturated heterocycles. The summed E-state index contributed by atoms with van der Waals surface area (Å²) in [7, 11) is 8.29.